The Morgan fingerprint density at radius 1 is 1.00 bits per heavy atom. The average molecular weight is 330 g/mol. The highest BCUT2D eigenvalue weighted by atomic mass is 32.2. The SMILES string of the molecule is CN=C(NCCCCSC)NCCc1ccc2ccccc2c1. The molecule has 0 unspecified atom stereocenters. The molecule has 2 rings (SSSR count). The largest absolute Gasteiger partial charge is 0.356 e. The molecular weight excluding hydrogens is 302 g/mol. The Kier molecular flexibility index (Phi) is 7.81. The predicted molar refractivity (Wildman–Crippen MR) is 105 cm³/mol. The second kappa shape index (κ2) is 10.2. The number of aliphatic imine (C=N–C) groups is 1. The van der Waals surface area contributed by atoms with E-state index in [1.807, 2.05) is 18.8 Å². The zero-order valence-corrected chi connectivity index (χ0v) is 15.0. The molecule has 0 spiro atoms. The summed E-state index contributed by atoms with van der Waals surface area (Å²) in [6, 6.07) is 15.2. The van der Waals surface area contributed by atoms with Gasteiger partial charge >= 0.3 is 0 Å². The maximum Gasteiger partial charge on any atom is 0.190 e. The van der Waals surface area contributed by atoms with Crippen LogP contribution in [0.1, 0.15) is 18.4 Å². The Balaban J connectivity index is 1.73. The molecular formula is C19H27N3S. The Hall–Kier alpha value is -1.68. The molecule has 0 radical (unpaired) electrons. The van der Waals surface area contributed by atoms with Crippen LogP contribution in [0, 0.1) is 0 Å². The molecule has 124 valence electrons. The van der Waals surface area contributed by atoms with Gasteiger partial charge in [-0.3, -0.25) is 4.99 Å². The fourth-order valence-electron chi connectivity index (χ4n) is 2.52. The van der Waals surface area contributed by atoms with Crippen molar-refractivity contribution in [2.75, 3.05) is 32.1 Å². The van der Waals surface area contributed by atoms with E-state index in [2.05, 4.69) is 64.3 Å². The highest BCUT2D eigenvalue weighted by molar-refractivity contribution is 7.98. The fourth-order valence-corrected chi connectivity index (χ4v) is 3.01. The minimum atomic E-state index is 0.892. The molecule has 0 aromatic heterocycles. The van der Waals surface area contributed by atoms with E-state index in [0.717, 1.165) is 25.5 Å². The van der Waals surface area contributed by atoms with E-state index in [9.17, 15) is 0 Å². The predicted octanol–water partition coefficient (Wildman–Crippen LogP) is 3.69. The number of benzene rings is 2. The minimum Gasteiger partial charge on any atom is -0.356 e. The van der Waals surface area contributed by atoms with Gasteiger partial charge in [0.2, 0.25) is 0 Å². The van der Waals surface area contributed by atoms with Gasteiger partial charge < -0.3 is 10.6 Å². The fraction of sp³-hybridized carbons (Fsp3) is 0.421. The summed E-state index contributed by atoms with van der Waals surface area (Å²) in [7, 11) is 1.83. The van der Waals surface area contributed by atoms with E-state index < -0.39 is 0 Å². The summed E-state index contributed by atoms with van der Waals surface area (Å²) in [6.45, 7) is 1.87. The van der Waals surface area contributed by atoms with Crippen LogP contribution in [0.3, 0.4) is 0 Å². The van der Waals surface area contributed by atoms with Crippen molar-refractivity contribution in [3.05, 3.63) is 48.0 Å². The van der Waals surface area contributed by atoms with E-state index in [-0.39, 0.29) is 0 Å². The maximum absolute atomic E-state index is 4.28. The summed E-state index contributed by atoms with van der Waals surface area (Å²) in [6.07, 6.45) is 5.59. The number of hydrogen-bond acceptors (Lipinski definition) is 2. The van der Waals surface area contributed by atoms with Crippen molar-refractivity contribution in [2.24, 2.45) is 4.99 Å². The van der Waals surface area contributed by atoms with Gasteiger partial charge in [-0.1, -0.05) is 42.5 Å². The third kappa shape index (κ3) is 6.14. The lowest BCUT2D eigenvalue weighted by molar-refractivity contribution is 0.731. The Labute approximate surface area is 144 Å². The quantitative estimate of drug-likeness (QED) is 0.440. The van der Waals surface area contributed by atoms with Crippen molar-refractivity contribution in [3.63, 3.8) is 0 Å². The van der Waals surface area contributed by atoms with E-state index in [1.165, 1.54) is 34.9 Å². The normalized spacial score (nSPS) is 11.7. The van der Waals surface area contributed by atoms with E-state index >= 15 is 0 Å². The zero-order chi connectivity index (χ0) is 16.3. The number of unbranched alkanes of at least 4 members (excludes halogenated alkanes) is 1. The topological polar surface area (TPSA) is 36.4 Å². The lowest BCUT2D eigenvalue weighted by Gasteiger charge is -2.12. The summed E-state index contributed by atoms with van der Waals surface area (Å²) >= 11 is 1.90. The van der Waals surface area contributed by atoms with Crippen LogP contribution in [0.2, 0.25) is 0 Å². The number of thioether (sulfide) groups is 1. The van der Waals surface area contributed by atoms with Crippen molar-refractivity contribution < 1.29 is 0 Å². The molecule has 0 fully saturated rings. The van der Waals surface area contributed by atoms with Crippen molar-refractivity contribution in [1.29, 1.82) is 0 Å². The van der Waals surface area contributed by atoms with Crippen molar-refractivity contribution in [3.8, 4) is 0 Å². The highest BCUT2D eigenvalue weighted by Gasteiger charge is 1.99. The van der Waals surface area contributed by atoms with Gasteiger partial charge in [-0.2, -0.15) is 11.8 Å². The van der Waals surface area contributed by atoms with Gasteiger partial charge in [0, 0.05) is 20.1 Å². The van der Waals surface area contributed by atoms with Crippen molar-refractivity contribution >= 4 is 28.5 Å². The third-order valence-electron chi connectivity index (χ3n) is 3.81. The summed E-state index contributed by atoms with van der Waals surface area (Å²) in [5.74, 6) is 2.13. The number of nitrogens with zero attached hydrogens (tertiary/aromatic N) is 1. The van der Waals surface area contributed by atoms with Gasteiger partial charge in [-0.05, 0) is 47.6 Å². The first-order chi connectivity index (χ1) is 11.3. The molecule has 23 heavy (non-hydrogen) atoms. The molecule has 0 saturated carbocycles. The third-order valence-corrected chi connectivity index (χ3v) is 4.51. The first-order valence-corrected chi connectivity index (χ1v) is 9.64. The Morgan fingerprint density at radius 3 is 2.57 bits per heavy atom. The van der Waals surface area contributed by atoms with E-state index in [4.69, 9.17) is 0 Å². The molecule has 0 aliphatic heterocycles. The van der Waals surface area contributed by atoms with Crippen molar-refractivity contribution in [1.82, 2.24) is 10.6 Å². The molecule has 0 heterocycles. The molecule has 0 bridgehead atoms. The number of rotatable bonds is 8. The van der Waals surface area contributed by atoms with Gasteiger partial charge in [-0.15, -0.1) is 0 Å². The molecule has 2 N–H and O–H groups in total. The Morgan fingerprint density at radius 2 is 1.78 bits per heavy atom. The van der Waals surface area contributed by atoms with Crippen LogP contribution in [0.15, 0.2) is 47.5 Å². The molecule has 0 saturated heterocycles. The van der Waals surface area contributed by atoms with Gasteiger partial charge in [-0.25, -0.2) is 0 Å². The van der Waals surface area contributed by atoms with Gasteiger partial charge in [0.15, 0.2) is 5.96 Å². The van der Waals surface area contributed by atoms with E-state index in [0.29, 0.717) is 0 Å². The van der Waals surface area contributed by atoms with Gasteiger partial charge in [0.25, 0.3) is 0 Å². The van der Waals surface area contributed by atoms with E-state index in [1.54, 1.807) is 0 Å². The van der Waals surface area contributed by atoms with Crippen LogP contribution < -0.4 is 10.6 Å². The molecule has 2 aromatic carbocycles. The zero-order valence-electron chi connectivity index (χ0n) is 14.1. The summed E-state index contributed by atoms with van der Waals surface area (Å²) < 4.78 is 0. The van der Waals surface area contributed by atoms with Crippen LogP contribution >= 0.6 is 11.8 Å². The average Bonchev–Trinajstić information content (AvgIpc) is 2.60. The summed E-state index contributed by atoms with van der Waals surface area (Å²) in [5.41, 5.74) is 1.35. The Bertz CT molecular complexity index is 625. The van der Waals surface area contributed by atoms with Gasteiger partial charge in [0.1, 0.15) is 0 Å². The molecule has 0 aliphatic rings. The lowest BCUT2D eigenvalue weighted by atomic mass is 10.1. The summed E-state index contributed by atoms with van der Waals surface area (Å²) in [5, 5.41) is 9.37. The second-order valence-electron chi connectivity index (χ2n) is 5.56. The van der Waals surface area contributed by atoms with Crippen LogP contribution in [0.4, 0.5) is 0 Å². The van der Waals surface area contributed by atoms with Crippen LogP contribution in [0.5, 0.6) is 0 Å². The molecule has 0 atom stereocenters. The number of fused-ring (bicyclic) bond motifs is 1. The smallest absolute Gasteiger partial charge is 0.190 e. The van der Waals surface area contributed by atoms with Gasteiger partial charge in [0.05, 0.1) is 0 Å². The molecule has 0 amide bonds. The molecule has 0 aliphatic carbocycles. The van der Waals surface area contributed by atoms with Crippen LogP contribution in [-0.4, -0.2) is 38.1 Å². The number of hydrogen-bond donors (Lipinski definition) is 2. The highest BCUT2D eigenvalue weighted by Crippen LogP contribution is 2.15. The standard InChI is InChI=1S/C19H27N3S/c1-20-19(21-12-5-6-14-23-2)22-13-11-16-9-10-17-7-3-4-8-18(17)15-16/h3-4,7-10,15H,5-6,11-14H2,1-2H3,(H2,20,21,22). The van der Waals surface area contributed by atoms with Crippen LogP contribution in [0.25, 0.3) is 10.8 Å². The number of guanidine groups is 1. The first kappa shape index (κ1) is 17.7. The molecule has 3 nitrogen and oxygen atoms in total. The second-order valence-corrected chi connectivity index (χ2v) is 6.54. The maximum atomic E-state index is 4.28. The molecule has 4 heteroatoms. The number of nitrogens with one attached hydrogen (secondary N) is 2. The minimum absolute atomic E-state index is 0.892. The summed E-state index contributed by atoms with van der Waals surface area (Å²) in [4.78, 5) is 4.28. The monoisotopic (exact) mass is 329 g/mol. The first-order valence-electron chi connectivity index (χ1n) is 8.24. The van der Waals surface area contributed by atoms with Crippen LogP contribution in [-0.2, 0) is 6.42 Å². The lowest BCUT2D eigenvalue weighted by Crippen LogP contribution is -2.38. The molecule has 2 aromatic rings. The van der Waals surface area contributed by atoms with Crippen molar-refractivity contribution in [2.45, 2.75) is 19.3 Å².